The topological polar surface area (TPSA) is 302 Å². The molecule has 1 aliphatic heterocycles. The van der Waals surface area contributed by atoms with Gasteiger partial charge in [0.2, 0.25) is 29.5 Å². The van der Waals surface area contributed by atoms with E-state index in [2.05, 4.69) is 26.3 Å². The number of hydrogen-bond donors (Lipinski definition) is 9. The van der Waals surface area contributed by atoms with Crippen LogP contribution in [0.4, 0.5) is 0 Å². The minimum atomic E-state index is -1.56. The van der Waals surface area contributed by atoms with Crippen LogP contribution in [-0.4, -0.2) is 112 Å². The maximum Gasteiger partial charge on any atom is 0.326 e. The molecule has 0 aliphatic carbocycles. The van der Waals surface area contributed by atoms with Crippen LogP contribution in [0, 0.1) is 11.8 Å². The van der Waals surface area contributed by atoms with Gasteiger partial charge in [0.15, 0.2) is 5.96 Å². The summed E-state index contributed by atoms with van der Waals surface area (Å²) in [5.74, 6) is -7.35. The number of hydrogen-bond acceptors (Lipinski definition) is 9. The Morgan fingerprint density at radius 2 is 1.47 bits per heavy atom. The molecule has 0 saturated carbocycles. The van der Waals surface area contributed by atoms with Gasteiger partial charge in [-0.1, -0.05) is 34.1 Å². The van der Waals surface area contributed by atoms with Crippen LogP contribution in [0.15, 0.2) is 4.99 Å². The Morgan fingerprint density at radius 1 is 0.872 bits per heavy atom. The average molecular weight is 670 g/mol. The first-order valence-electron chi connectivity index (χ1n) is 15.7. The molecule has 0 aromatic carbocycles. The van der Waals surface area contributed by atoms with Crippen LogP contribution in [-0.2, 0) is 33.6 Å². The summed E-state index contributed by atoms with van der Waals surface area (Å²) in [5.41, 5.74) is 16.2. The highest BCUT2D eigenvalue weighted by Crippen LogP contribution is 2.21. The van der Waals surface area contributed by atoms with E-state index < -0.39 is 96.0 Å². The van der Waals surface area contributed by atoms with Gasteiger partial charge in [-0.15, -0.1) is 0 Å². The fourth-order valence-electron chi connectivity index (χ4n) is 4.93. The number of nitrogens with zero attached hydrogens (tertiary/aromatic N) is 2. The summed E-state index contributed by atoms with van der Waals surface area (Å²) in [7, 11) is 0. The largest absolute Gasteiger partial charge is 0.481 e. The summed E-state index contributed by atoms with van der Waals surface area (Å²) in [6.45, 7) is 8.44. The molecule has 0 spiro atoms. The first-order chi connectivity index (χ1) is 21.9. The summed E-state index contributed by atoms with van der Waals surface area (Å²) in [5, 5.41) is 29.2. The molecule has 18 nitrogen and oxygen atoms in total. The molecule has 266 valence electrons. The lowest BCUT2D eigenvalue weighted by Crippen LogP contribution is -2.60. The van der Waals surface area contributed by atoms with Gasteiger partial charge in [-0.2, -0.15) is 0 Å². The van der Waals surface area contributed by atoms with Crippen molar-refractivity contribution >= 4 is 47.4 Å². The molecule has 0 aromatic heterocycles. The fourth-order valence-corrected chi connectivity index (χ4v) is 4.93. The van der Waals surface area contributed by atoms with Crippen molar-refractivity contribution in [1.82, 2.24) is 26.2 Å². The van der Waals surface area contributed by atoms with Crippen LogP contribution in [0.25, 0.3) is 0 Å². The normalized spacial score (nSPS) is 18.1. The predicted octanol–water partition coefficient (Wildman–Crippen LogP) is -2.42. The minimum absolute atomic E-state index is 0.0210. The summed E-state index contributed by atoms with van der Waals surface area (Å²) in [6, 6.07) is -7.13. The lowest BCUT2D eigenvalue weighted by molar-refractivity contribution is -0.146. The quantitative estimate of drug-likeness (QED) is 0.0394. The molecule has 47 heavy (non-hydrogen) atoms. The van der Waals surface area contributed by atoms with Crippen LogP contribution >= 0.6 is 0 Å². The Balaban J connectivity index is 3.15. The second-order valence-corrected chi connectivity index (χ2v) is 12.1. The van der Waals surface area contributed by atoms with Crippen molar-refractivity contribution in [3.63, 3.8) is 0 Å². The van der Waals surface area contributed by atoms with Crippen molar-refractivity contribution in [2.75, 3.05) is 13.1 Å². The Kier molecular flexibility index (Phi) is 16.6. The summed E-state index contributed by atoms with van der Waals surface area (Å²) in [4.78, 5) is 94.2. The van der Waals surface area contributed by atoms with Gasteiger partial charge in [-0.05, 0) is 44.4 Å². The molecule has 0 aromatic rings. The summed E-state index contributed by atoms with van der Waals surface area (Å²) in [6.07, 6.45) is 0.512. The SMILES string of the molecule is CCC(C)C(NC(=O)C1CCCN1C(=O)C(CC(=O)O)NC(=O)C(NC(=O)C(C)N)C(C)C)C(=O)NC(CCCN=C(N)N)C(=O)O. The monoisotopic (exact) mass is 669 g/mol. The highest BCUT2D eigenvalue weighted by Gasteiger charge is 2.41. The fraction of sp³-hybridized carbons (Fsp3) is 0.724. The number of carbonyl (C=O) groups excluding carboxylic acids is 5. The van der Waals surface area contributed by atoms with Crippen LogP contribution in [0.1, 0.15) is 73.1 Å². The second kappa shape index (κ2) is 19.2. The number of aliphatic imine (C=N–C) groups is 1. The van der Waals surface area contributed by atoms with Crippen LogP contribution in [0.5, 0.6) is 0 Å². The molecule has 1 saturated heterocycles. The maximum absolute atomic E-state index is 13.6. The number of carboxylic acid groups (broad SMARTS) is 2. The maximum atomic E-state index is 13.6. The number of aliphatic carboxylic acids is 2. The summed E-state index contributed by atoms with van der Waals surface area (Å²) >= 11 is 0. The molecule has 7 atom stereocenters. The smallest absolute Gasteiger partial charge is 0.326 e. The third-order valence-electron chi connectivity index (χ3n) is 7.85. The van der Waals surface area contributed by atoms with E-state index in [0.717, 1.165) is 4.90 Å². The number of amides is 5. The molecule has 1 fully saturated rings. The Hall–Kier alpha value is -4.48. The number of nitrogens with two attached hydrogens (primary N) is 3. The van der Waals surface area contributed by atoms with Gasteiger partial charge in [0.1, 0.15) is 30.2 Å². The second-order valence-electron chi connectivity index (χ2n) is 12.1. The third-order valence-corrected chi connectivity index (χ3v) is 7.85. The molecule has 5 amide bonds. The van der Waals surface area contributed by atoms with Gasteiger partial charge in [-0.25, -0.2) is 4.79 Å². The van der Waals surface area contributed by atoms with Crippen molar-refractivity contribution in [3.05, 3.63) is 0 Å². The number of nitrogens with one attached hydrogen (secondary N) is 4. The van der Waals surface area contributed by atoms with E-state index in [-0.39, 0.29) is 38.3 Å². The summed E-state index contributed by atoms with van der Waals surface area (Å²) < 4.78 is 0. The lowest BCUT2D eigenvalue weighted by atomic mass is 9.97. The van der Waals surface area contributed by atoms with Gasteiger partial charge < -0.3 is 53.6 Å². The van der Waals surface area contributed by atoms with E-state index >= 15 is 0 Å². The third kappa shape index (κ3) is 13.0. The average Bonchev–Trinajstić information content (AvgIpc) is 3.48. The van der Waals surface area contributed by atoms with E-state index in [9.17, 15) is 43.8 Å². The van der Waals surface area contributed by atoms with Crippen molar-refractivity contribution in [2.24, 2.45) is 34.0 Å². The number of likely N-dealkylation sites (tertiary alicyclic amines) is 1. The lowest BCUT2D eigenvalue weighted by Gasteiger charge is -2.31. The number of carboxylic acids is 2. The first kappa shape index (κ1) is 40.5. The molecule has 18 heteroatoms. The molecular weight excluding hydrogens is 618 g/mol. The zero-order valence-corrected chi connectivity index (χ0v) is 27.7. The van der Waals surface area contributed by atoms with E-state index in [1.807, 2.05) is 0 Å². The highest BCUT2D eigenvalue weighted by atomic mass is 16.4. The van der Waals surface area contributed by atoms with Gasteiger partial charge in [-0.3, -0.25) is 33.8 Å². The molecule has 1 rings (SSSR count). The zero-order chi connectivity index (χ0) is 36.0. The van der Waals surface area contributed by atoms with Crippen molar-refractivity contribution in [2.45, 2.75) is 109 Å². The van der Waals surface area contributed by atoms with Crippen molar-refractivity contribution in [1.29, 1.82) is 0 Å². The molecular formula is C29H51N9O9. The number of guanidine groups is 1. The van der Waals surface area contributed by atoms with Gasteiger partial charge in [0.25, 0.3) is 0 Å². The van der Waals surface area contributed by atoms with Crippen LogP contribution in [0.3, 0.4) is 0 Å². The Bertz CT molecular complexity index is 1170. The van der Waals surface area contributed by atoms with Gasteiger partial charge in [0, 0.05) is 13.1 Å². The number of rotatable bonds is 19. The Morgan fingerprint density at radius 3 is 1.98 bits per heavy atom. The predicted molar refractivity (Wildman–Crippen MR) is 170 cm³/mol. The van der Waals surface area contributed by atoms with E-state index in [1.54, 1.807) is 27.7 Å². The van der Waals surface area contributed by atoms with Crippen LogP contribution in [0.2, 0.25) is 0 Å². The van der Waals surface area contributed by atoms with Crippen molar-refractivity contribution < 1.29 is 43.8 Å². The van der Waals surface area contributed by atoms with Gasteiger partial charge in [0.05, 0.1) is 12.5 Å². The Labute approximate surface area is 274 Å². The van der Waals surface area contributed by atoms with Crippen LogP contribution < -0.4 is 38.5 Å². The van der Waals surface area contributed by atoms with Gasteiger partial charge >= 0.3 is 11.9 Å². The first-order valence-corrected chi connectivity index (χ1v) is 15.7. The minimum Gasteiger partial charge on any atom is -0.481 e. The number of carbonyl (C=O) groups is 7. The highest BCUT2D eigenvalue weighted by molar-refractivity contribution is 5.97. The molecule has 0 radical (unpaired) electrons. The van der Waals surface area contributed by atoms with Crippen molar-refractivity contribution in [3.8, 4) is 0 Å². The molecule has 1 aliphatic rings. The molecule has 0 bridgehead atoms. The van der Waals surface area contributed by atoms with E-state index in [4.69, 9.17) is 17.2 Å². The standard InChI is InChI=1S/C29H51N9O9/c1-6-15(4)22(26(44)34-17(28(46)47)9-7-11-33-29(31)32)37-24(42)19-10-8-12-38(19)27(45)18(13-20(39)40)35-25(43)21(14(2)3)36-23(41)16(5)30/h14-19,21-22H,6-13,30H2,1-5H3,(H,34,44)(H,35,43)(H,36,41)(H,37,42)(H,39,40)(H,46,47)(H4,31,32,33). The van der Waals surface area contributed by atoms with E-state index in [1.165, 1.54) is 6.92 Å². The zero-order valence-electron chi connectivity index (χ0n) is 27.7. The molecule has 1 heterocycles. The van der Waals surface area contributed by atoms with E-state index in [0.29, 0.717) is 12.8 Å². The molecule has 12 N–H and O–H groups in total. The molecule has 7 unspecified atom stereocenters.